The van der Waals surface area contributed by atoms with Gasteiger partial charge in [0.1, 0.15) is 5.82 Å². The molecule has 1 N–H and O–H groups in total. The van der Waals surface area contributed by atoms with Crippen LogP contribution >= 0.6 is 27.5 Å². The van der Waals surface area contributed by atoms with Crippen molar-refractivity contribution in [2.75, 3.05) is 38.2 Å². The average Bonchev–Trinajstić information content (AvgIpc) is 2.42. The Morgan fingerprint density at radius 1 is 1.53 bits per heavy atom. The molecule has 1 aliphatic heterocycles. The Morgan fingerprint density at radius 3 is 2.95 bits per heavy atom. The van der Waals surface area contributed by atoms with Crippen LogP contribution in [0.15, 0.2) is 16.7 Å². The van der Waals surface area contributed by atoms with Crippen LogP contribution in [0.4, 0.5) is 5.82 Å². The molecule has 5 nitrogen and oxygen atoms in total. The van der Waals surface area contributed by atoms with Crippen LogP contribution in [0, 0.1) is 0 Å². The van der Waals surface area contributed by atoms with Gasteiger partial charge in [0.15, 0.2) is 0 Å². The standard InChI is InChI=1S/C12H15BrClN3O2/c13-10-7-9(14)8-16-12(10)15-2-1-11(18)17-3-5-19-6-4-17/h7-8H,1-6H2,(H,15,16). The summed E-state index contributed by atoms with van der Waals surface area (Å²) in [5.41, 5.74) is 0. The third-order valence-electron chi connectivity index (χ3n) is 2.80. The average molecular weight is 349 g/mol. The van der Waals surface area contributed by atoms with Crippen LogP contribution in [0.2, 0.25) is 5.02 Å². The lowest BCUT2D eigenvalue weighted by Gasteiger charge is -2.26. The van der Waals surface area contributed by atoms with Gasteiger partial charge in [-0.3, -0.25) is 4.79 Å². The molecule has 2 heterocycles. The molecule has 0 spiro atoms. The molecule has 0 atom stereocenters. The van der Waals surface area contributed by atoms with Crippen molar-refractivity contribution in [1.29, 1.82) is 0 Å². The number of anilines is 1. The summed E-state index contributed by atoms with van der Waals surface area (Å²) < 4.78 is 6.00. The summed E-state index contributed by atoms with van der Waals surface area (Å²) in [5, 5.41) is 3.69. The van der Waals surface area contributed by atoms with Gasteiger partial charge >= 0.3 is 0 Å². The molecule has 0 radical (unpaired) electrons. The van der Waals surface area contributed by atoms with Crippen LogP contribution in [0.3, 0.4) is 0 Å². The molecule has 1 aliphatic rings. The fourth-order valence-electron chi connectivity index (χ4n) is 1.80. The third-order valence-corrected chi connectivity index (χ3v) is 3.61. The topological polar surface area (TPSA) is 54.5 Å². The first-order valence-electron chi connectivity index (χ1n) is 6.07. The first-order chi connectivity index (χ1) is 9.16. The Kier molecular flexibility index (Phi) is 5.42. The van der Waals surface area contributed by atoms with Gasteiger partial charge in [-0.1, -0.05) is 11.6 Å². The lowest BCUT2D eigenvalue weighted by atomic mass is 10.3. The summed E-state index contributed by atoms with van der Waals surface area (Å²) in [5.74, 6) is 0.833. The third kappa shape index (κ3) is 4.33. The molecule has 1 saturated heterocycles. The maximum Gasteiger partial charge on any atom is 0.224 e. The minimum atomic E-state index is 0.140. The highest BCUT2D eigenvalue weighted by Crippen LogP contribution is 2.22. The van der Waals surface area contributed by atoms with Crippen molar-refractivity contribution in [1.82, 2.24) is 9.88 Å². The maximum absolute atomic E-state index is 11.9. The van der Waals surface area contributed by atoms with E-state index in [9.17, 15) is 4.79 Å². The monoisotopic (exact) mass is 347 g/mol. The normalized spacial score (nSPS) is 15.4. The zero-order valence-electron chi connectivity index (χ0n) is 10.4. The van der Waals surface area contributed by atoms with Crippen molar-refractivity contribution in [2.24, 2.45) is 0 Å². The molecule has 0 aliphatic carbocycles. The second-order valence-electron chi connectivity index (χ2n) is 4.15. The Hall–Kier alpha value is -0.850. The second kappa shape index (κ2) is 7.07. The van der Waals surface area contributed by atoms with Gasteiger partial charge in [0.2, 0.25) is 5.91 Å². The van der Waals surface area contributed by atoms with E-state index < -0.39 is 0 Å². The van der Waals surface area contributed by atoms with Gasteiger partial charge in [0.05, 0.1) is 22.7 Å². The summed E-state index contributed by atoms with van der Waals surface area (Å²) in [6.07, 6.45) is 2.01. The molecule has 2 rings (SSSR count). The van der Waals surface area contributed by atoms with E-state index in [1.165, 1.54) is 0 Å². The van der Waals surface area contributed by atoms with E-state index in [0.717, 1.165) is 4.47 Å². The summed E-state index contributed by atoms with van der Waals surface area (Å²) in [6, 6.07) is 1.76. The van der Waals surface area contributed by atoms with Gasteiger partial charge in [-0.2, -0.15) is 0 Å². The summed E-state index contributed by atoms with van der Waals surface area (Å²) in [6.45, 7) is 3.17. The lowest BCUT2D eigenvalue weighted by molar-refractivity contribution is -0.134. The van der Waals surface area contributed by atoms with E-state index in [1.54, 1.807) is 12.3 Å². The summed E-state index contributed by atoms with van der Waals surface area (Å²) >= 11 is 9.18. The van der Waals surface area contributed by atoms with Gasteiger partial charge in [0, 0.05) is 32.3 Å². The fraction of sp³-hybridized carbons (Fsp3) is 0.500. The van der Waals surface area contributed by atoms with E-state index in [0.29, 0.717) is 50.1 Å². The van der Waals surface area contributed by atoms with Gasteiger partial charge in [-0.05, 0) is 22.0 Å². The highest BCUT2D eigenvalue weighted by Gasteiger charge is 2.16. The molecule has 1 aromatic heterocycles. The van der Waals surface area contributed by atoms with Crippen LogP contribution in [0.25, 0.3) is 0 Å². The van der Waals surface area contributed by atoms with Crippen molar-refractivity contribution in [2.45, 2.75) is 6.42 Å². The van der Waals surface area contributed by atoms with Gasteiger partial charge in [-0.15, -0.1) is 0 Å². The number of nitrogens with one attached hydrogen (secondary N) is 1. The van der Waals surface area contributed by atoms with Crippen LogP contribution in [-0.4, -0.2) is 48.6 Å². The van der Waals surface area contributed by atoms with Crippen LogP contribution in [0.1, 0.15) is 6.42 Å². The fourth-order valence-corrected chi connectivity index (χ4v) is 2.58. The van der Waals surface area contributed by atoms with E-state index in [4.69, 9.17) is 16.3 Å². The van der Waals surface area contributed by atoms with Crippen molar-refractivity contribution >= 4 is 39.3 Å². The zero-order valence-corrected chi connectivity index (χ0v) is 12.7. The predicted octanol–water partition coefficient (Wildman–Crippen LogP) is 2.16. The number of hydrogen-bond acceptors (Lipinski definition) is 4. The Balaban J connectivity index is 1.78. The summed E-state index contributed by atoms with van der Waals surface area (Å²) in [7, 11) is 0. The largest absolute Gasteiger partial charge is 0.378 e. The maximum atomic E-state index is 11.9. The van der Waals surface area contributed by atoms with Crippen molar-refractivity contribution in [3.8, 4) is 0 Å². The number of hydrogen-bond donors (Lipinski definition) is 1. The van der Waals surface area contributed by atoms with E-state index in [-0.39, 0.29) is 5.91 Å². The first kappa shape index (κ1) is 14.6. The number of morpholine rings is 1. The first-order valence-corrected chi connectivity index (χ1v) is 7.24. The zero-order chi connectivity index (χ0) is 13.7. The predicted molar refractivity (Wildman–Crippen MR) is 77.5 cm³/mol. The minimum absolute atomic E-state index is 0.140. The second-order valence-corrected chi connectivity index (χ2v) is 5.44. The number of amides is 1. The number of carbonyl (C=O) groups excluding carboxylic acids is 1. The van der Waals surface area contributed by atoms with E-state index in [1.807, 2.05) is 4.90 Å². The number of ether oxygens (including phenoxy) is 1. The summed E-state index contributed by atoms with van der Waals surface area (Å²) in [4.78, 5) is 17.9. The molecular weight excluding hydrogens is 334 g/mol. The number of rotatable bonds is 4. The molecule has 1 aromatic rings. The van der Waals surface area contributed by atoms with Crippen molar-refractivity contribution < 1.29 is 9.53 Å². The smallest absolute Gasteiger partial charge is 0.224 e. The molecule has 104 valence electrons. The Bertz CT molecular complexity index is 453. The van der Waals surface area contributed by atoms with E-state index in [2.05, 4.69) is 26.2 Å². The Morgan fingerprint density at radius 2 is 2.26 bits per heavy atom. The van der Waals surface area contributed by atoms with Gasteiger partial charge in [0.25, 0.3) is 0 Å². The number of pyridine rings is 1. The molecule has 0 unspecified atom stereocenters. The van der Waals surface area contributed by atoms with Crippen LogP contribution in [-0.2, 0) is 9.53 Å². The molecule has 1 fully saturated rings. The molecule has 7 heteroatoms. The molecular formula is C12H15BrClN3O2. The van der Waals surface area contributed by atoms with Crippen LogP contribution < -0.4 is 5.32 Å². The van der Waals surface area contributed by atoms with E-state index >= 15 is 0 Å². The van der Waals surface area contributed by atoms with Gasteiger partial charge < -0.3 is 15.0 Å². The van der Waals surface area contributed by atoms with Crippen molar-refractivity contribution in [3.63, 3.8) is 0 Å². The molecule has 0 bridgehead atoms. The quantitative estimate of drug-likeness (QED) is 0.906. The van der Waals surface area contributed by atoms with Crippen LogP contribution in [0.5, 0.6) is 0 Å². The molecule has 19 heavy (non-hydrogen) atoms. The number of carbonyl (C=O) groups is 1. The lowest BCUT2D eigenvalue weighted by Crippen LogP contribution is -2.41. The Labute approximate surface area is 125 Å². The minimum Gasteiger partial charge on any atom is -0.378 e. The highest BCUT2D eigenvalue weighted by atomic mass is 79.9. The van der Waals surface area contributed by atoms with Crippen molar-refractivity contribution in [3.05, 3.63) is 21.8 Å². The number of halogens is 2. The SMILES string of the molecule is O=C(CCNc1ncc(Cl)cc1Br)N1CCOCC1. The number of nitrogens with zero attached hydrogens (tertiary/aromatic N) is 2. The number of aromatic nitrogens is 1. The molecule has 0 aromatic carbocycles. The molecule has 1 amide bonds. The van der Waals surface area contributed by atoms with Gasteiger partial charge in [-0.25, -0.2) is 4.98 Å². The highest BCUT2D eigenvalue weighted by molar-refractivity contribution is 9.10. The molecule has 0 saturated carbocycles.